The molecule has 0 saturated carbocycles. The minimum atomic E-state index is 0.338. The first-order valence-corrected chi connectivity index (χ1v) is 7.10. The molecule has 1 fully saturated rings. The Bertz CT molecular complexity index is 402. The lowest BCUT2D eigenvalue weighted by molar-refractivity contribution is 0.229. The highest BCUT2D eigenvalue weighted by molar-refractivity contribution is 5.50. The zero-order valence-electron chi connectivity index (χ0n) is 12.1. The summed E-state index contributed by atoms with van der Waals surface area (Å²) in [6.07, 6.45) is 4.19. The van der Waals surface area contributed by atoms with Crippen LogP contribution in [0.4, 0.5) is 5.82 Å². The summed E-state index contributed by atoms with van der Waals surface area (Å²) in [7, 11) is 1.88. The van der Waals surface area contributed by atoms with Crippen molar-refractivity contribution in [2.24, 2.45) is 0 Å². The van der Waals surface area contributed by atoms with E-state index in [0.717, 1.165) is 17.9 Å². The van der Waals surface area contributed by atoms with Crippen molar-refractivity contribution < 1.29 is 4.74 Å². The highest BCUT2D eigenvalue weighted by Gasteiger charge is 2.16. The van der Waals surface area contributed by atoms with Crippen LogP contribution in [-0.2, 0) is 0 Å². The fraction of sp³-hybridized carbons (Fsp3) is 0.714. The van der Waals surface area contributed by atoms with Crippen LogP contribution in [0.25, 0.3) is 0 Å². The predicted molar refractivity (Wildman–Crippen MR) is 76.8 cm³/mol. The average molecular weight is 264 g/mol. The maximum Gasteiger partial charge on any atom is 0.222 e. The van der Waals surface area contributed by atoms with Gasteiger partial charge >= 0.3 is 0 Å². The molecule has 1 N–H and O–H groups in total. The molecule has 1 saturated heterocycles. The van der Waals surface area contributed by atoms with Gasteiger partial charge in [0.2, 0.25) is 5.88 Å². The summed E-state index contributed by atoms with van der Waals surface area (Å²) in [6.45, 7) is 8.34. The Labute approximate surface area is 115 Å². The molecular weight excluding hydrogens is 240 g/mol. The highest BCUT2D eigenvalue weighted by atomic mass is 16.5. The van der Waals surface area contributed by atoms with Crippen molar-refractivity contribution >= 4 is 5.82 Å². The van der Waals surface area contributed by atoms with E-state index >= 15 is 0 Å². The van der Waals surface area contributed by atoms with E-state index in [1.807, 2.05) is 7.05 Å². The van der Waals surface area contributed by atoms with Gasteiger partial charge < -0.3 is 10.1 Å². The first-order valence-electron chi connectivity index (χ1n) is 7.10. The summed E-state index contributed by atoms with van der Waals surface area (Å²) in [5.41, 5.74) is 1.06. The summed E-state index contributed by atoms with van der Waals surface area (Å²) >= 11 is 0. The summed E-state index contributed by atoms with van der Waals surface area (Å²) in [5.74, 6) is 1.92. The van der Waals surface area contributed by atoms with Crippen molar-refractivity contribution in [2.75, 3.05) is 38.6 Å². The van der Waals surface area contributed by atoms with Gasteiger partial charge in [-0.05, 0) is 31.8 Å². The van der Waals surface area contributed by atoms with Crippen LogP contribution < -0.4 is 10.1 Å². The molecule has 5 nitrogen and oxygen atoms in total. The maximum absolute atomic E-state index is 5.87. The second-order valence-corrected chi connectivity index (χ2v) is 5.24. The molecule has 0 atom stereocenters. The van der Waals surface area contributed by atoms with Crippen LogP contribution in [0.15, 0.2) is 6.33 Å². The number of hydrogen-bond acceptors (Lipinski definition) is 5. The lowest BCUT2D eigenvalue weighted by atomic mass is 10.1. The Hall–Kier alpha value is -1.36. The number of nitrogens with one attached hydrogen (secondary N) is 1. The van der Waals surface area contributed by atoms with Gasteiger partial charge in [-0.25, -0.2) is 9.97 Å². The first kappa shape index (κ1) is 14.1. The number of ether oxygens (including phenoxy) is 1. The van der Waals surface area contributed by atoms with Gasteiger partial charge in [0, 0.05) is 13.6 Å². The standard InChI is InChI=1S/C14H24N4O/c1-11(2)12-13(15-3)16-10-17-14(12)19-9-8-18-6-4-5-7-18/h10-11H,4-9H2,1-3H3,(H,15,16,17). The molecule has 19 heavy (non-hydrogen) atoms. The van der Waals surface area contributed by atoms with Crippen molar-refractivity contribution in [2.45, 2.75) is 32.6 Å². The maximum atomic E-state index is 5.87. The van der Waals surface area contributed by atoms with Gasteiger partial charge in [0.05, 0.1) is 5.56 Å². The van der Waals surface area contributed by atoms with E-state index in [0.29, 0.717) is 18.4 Å². The van der Waals surface area contributed by atoms with Gasteiger partial charge in [-0.3, -0.25) is 4.90 Å². The lowest BCUT2D eigenvalue weighted by Gasteiger charge is -2.18. The second-order valence-electron chi connectivity index (χ2n) is 5.24. The predicted octanol–water partition coefficient (Wildman–Crippen LogP) is 2.12. The molecule has 0 radical (unpaired) electrons. The van der Waals surface area contributed by atoms with E-state index in [9.17, 15) is 0 Å². The molecule has 0 spiro atoms. The smallest absolute Gasteiger partial charge is 0.222 e. The zero-order valence-corrected chi connectivity index (χ0v) is 12.1. The number of nitrogens with zero attached hydrogens (tertiary/aromatic N) is 3. The Balaban J connectivity index is 1.98. The molecule has 0 bridgehead atoms. The van der Waals surface area contributed by atoms with Gasteiger partial charge in [-0.2, -0.15) is 0 Å². The number of rotatable bonds is 6. The Morgan fingerprint density at radius 3 is 2.68 bits per heavy atom. The van der Waals surface area contributed by atoms with Crippen LogP contribution >= 0.6 is 0 Å². The molecule has 2 heterocycles. The molecular formula is C14H24N4O. The van der Waals surface area contributed by atoms with Gasteiger partial charge in [-0.15, -0.1) is 0 Å². The fourth-order valence-electron chi connectivity index (χ4n) is 2.49. The third-order valence-electron chi connectivity index (χ3n) is 3.51. The lowest BCUT2D eigenvalue weighted by Crippen LogP contribution is -2.25. The van der Waals surface area contributed by atoms with Crippen LogP contribution in [0, 0.1) is 0 Å². The SMILES string of the molecule is CNc1ncnc(OCCN2CCCC2)c1C(C)C. The average Bonchev–Trinajstić information content (AvgIpc) is 2.91. The van der Waals surface area contributed by atoms with Gasteiger partial charge in [0.1, 0.15) is 18.8 Å². The minimum Gasteiger partial charge on any atom is -0.476 e. The Morgan fingerprint density at radius 1 is 1.32 bits per heavy atom. The summed E-state index contributed by atoms with van der Waals surface area (Å²) in [6, 6.07) is 0. The van der Waals surface area contributed by atoms with Crippen LogP contribution in [0.2, 0.25) is 0 Å². The van der Waals surface area contributed by atoms with Crippen molar-refractivity contribution in [3.05, 3.63) is 11.9 Å². The van der Waals surface area contributed by atoms with Gasteiger partial charge in [-0.1, -0.05) is 13.8 Å². The van der Waals surface area contributed by atoms with E-state index < -0.39 is 0 Å². The fourth-order valence-corrected chi connectivity index (χ4v) is 2.49. The molecule has 2 rings (SSSR count). The van der Waals surface area contributed by atoms with E-state index in [-0.39, 0.29) is 0 Å². The molecule has 0 unspecified atom stereocenters. The van der Waals surface area contributed by atoms with Crippen LogP contribution in [0.1, 0.15) is 38.2 Å². The first-order chi connectivity index (χ1) is 9.22. The summed E-state index contributed by atoms with van der Waals surface area (Å²) in [4.78, 5) is 11.0. The molecule has 1 aromatic heterocycles. The highest BCUT2D eigenvalue weighted by Crippen LogP contribution is 2.29. The number of likely N-dealkylation sites (tertiary alicyclic amines) is 1. The summed E-state index contributed by atoms with van der Waals surface area (Å²) in [5, 5.41) is 3.11. The topological polar surface area (TPSA) is 50.3 Å². The molecule has 5 heteroatoms. The monoisotopic (exact) mass is 264 g/mol. The van der Waals surface area contributed by atoms with E-state index in [1.54, 1.807) is 6.33 Å². The third kappa shape index (κ3) is 3.56. The number of hydrogen-bond donors (Lipinski definition) is 1. The van der Waals surface area contributed by atoms with Crippen molar-refractivity contribution in [1.82, 2.24) is 14.9 Å². The Morgan fingerprint density at radius 2 is 2.05 bits per heavy atom. The van der Waals surface area contributed by atoms with Crippen molar-refractivity contribution in [3.8, 4) is 5.88 Å². The summed E-state index contributed by atoms with van der Waals surface area (Å²) < 4.78 is 5.87. The Kier molecular flexibility index (Phi) is 4.96. The van der Waals surface area contributed by atoms with Gasteiger partial charge in [0.25, 0.3) is 0 Å². The van der Waals surface area contributed by atoms with E-state index in [1.165, 1.54) is 25.9 Å². The molecule has 1 aliphatic rings. The molecule has 1 aliphatic heterocycles. The van der Waals surface area contributed by atoms with Gasteiger partial charge in [0.15, 0.2) is 0 Å². The molecule has 106 valence electrons. The number of aromatic nitrogens is 2. The van der Waals surface area contributed by atoms with Crippen LogP contribution in [0.3, 0.4) is 0 Å². The number of anilines is 1. The molecule has 0 aromatic carbocycles. The normalized spacial score (nSPS) is 16.0. The second kappa shape index (κ2) is 6.70. The van der Waals surface area contributed by atoms with Crippen LogP contribution in [0.5, 0.6) is 5.88 Å². The quantitative estimate of drug-likeness (QED) is 0.853. The molecule has 1 aromatic rings. The van der Waals surface area contributed by atoms with E-state index in [4.69, 9.17) is 4.74 Å². The largest absolute Gasteiger partial charge is 0.476 e. The van der Waals surface area contributed by atoms with Crippen molar-refractivity contribution in [3.63, 3.8) is 0 Å². The molecule has 0 amide bonds. The molecule has 0 aliphatic carbocycles. The third-order valence-corrected chi connectivity index (χ3v) is 3.51. The zero-order chi connectivity index (χ0) is 13.7. The van der Waals surface area contributed by atoms with E-state index in [2.05, 4.69) is 34.0 Å². The van der Waals surface area contributed by atoms with Crippen LogP contribution in [-0.4, -0.2) is 48.2 Å². The van der Waals surface area contributed by atoms with Crippen molar-refractivity contribution in [1.29, 1.82) is 0 Å². The minimum absolute atomic E-state index is 0.338.